The molecule has 0 aromatic rings. The highest BCUT2D eigenvalue weighted by Gasteiger charge is 2.14. The highest BCUT2D eigenvalue weighted by atomic mass is 15.2. The second kappa shape index (κ2) is 5.61. The zero-order valence-electron chi connectivity index (χ0n) is 7.08. The first-order chi connectivity index (χ1) is 4.79. The van der Waals surface area contributed by atoms with Crippen LogP contribution in [0.2, 0.25) is 0 Å². The van der Waals surface area contributed by atoms with Crippen LogP contribution in [0, 0.1) is 6.17 Å². The fourth-order valence-electron chi connectivity index (χ4n) is 0.847. The second-order valence-corrected chi connectivity index (χ2v) is 1.92. The Morgan fingerprint density at radius 1 is 0.900 bits per heavy atom. The molecular formula is C6H17N4. The van der Waals surface area contributed by atoms with Gasteiger partial charge in [0, 0.05) is 0 Å². The lowest BCUT2D eigenvalue weighted by molar-refractivity contribution is 0.432. The van der Waals surface area contributed by atoms with Gasteiger partial charge in [-0.05, 0) is 28.2 Å². The molecule has 1 radical (unpaired) electrons. The molecule has 0 aromatic heterocycles. The van der Waals surface area contributed by atoms with E-state index in [9.17, 15) is 0 Å². The van der Waals surface area contributed by atoms with E-state index in [4.69, 9.17) is 0 Å². The molecule has 0 aliphatic heterocycles. The number of likely N-dealkylation sites (N-methyl/N-ethyl adjacent to an activating group) is 4. The lowest BCUT2D eigenvalue weighted by Gasteiger charge is -2.23. The van der Waals surface area contributed by atoms with Crippen molar-refractivity contribution in [2.24, 2.45) is 0 Å². The Hall–Kier alpha value is -0.160. The van der Waals surface area contributed by atoms with Gasteiger partial charge >= 0.3 is 0 Å². The number of nitrogens with one attached hydrogen (secondary N) is 4. The highest BCUT2D eigenvalue weighted by molar-refractivity contribution is 4.91. The molecule has 0 fully saturated rings. The molecule has 0 unspecified atom stereocenters. The Morgan fingerprint density at radius 2 is 1.30 bits per heavy atom. The maximum atomic E-state index is 3.08. The van der Waals surface area contributed by atoms with Crippen LogP contribution in [0.25, 0.3) is 0 Å². The van der Waals surface area contributed by atoms with Crippen LogP contribution in [-0.2, 0) is 0 Å². The summed E-state index contributed by atoms with van der Waals surface area (Å²) in [6.45, 7) is 0. The third kappa shape index (κ3) is 2.62. The minimum atomic E-state index is 0.176. The summed E-state index contributed by atoms with van der Waals surface area (Å²) in [5, 5.41) is 12.2. The van der Waals surface area contributed by atoms with E-state index in [2.05, 4.69) is 21.3 Å². The van der Waals surface area contributed by atoms with Crippen LogP contribution < -0.4 is 21.3 Å². The van der Waals surface area contributed by atoms with E-state index >= 15 is 0 Å². The fourth-order valence-corrected chi connectivity index (χ4v) is 0.847. The Morgan fingerprint density at radius 3 is 1.40 bits per heavy atom. The maximum absolute atomic E-state index is 3.08. The molecule has 0 heterocycles. The molecular weight excluding hydrogens is 128 g/mol. The zero-order valence-corrected chi connectivity index (χ0v) is 7.08. The van der Waals surface area contributed by atoms with Crippen LogP contribution in [0.5, 0.6) is 0 Å². The summed E-state index contributed by atoms with van der Waals surface area (Å²) in [6, 6.07) is 0. The molecule has 0 amide bonds. The van der Waals surface area contributed by atoms with Crippen molar-refractivity contribution in [3.05, 3.63) is 6.17 Å². The molecule has 4 N–H and O–H groups in total. The molecule has 0 saturated heterocycles. The Bertz CT molecular complexity index is 58.1. The van der Waals surface area contributed by atoms with Crippen molar-refractivity contribution in [3.63, 3.8) is 0 Å². The van der Waals surface area contributed by atoms with Crippen LogP contribution in [0.1, 0.15) is 0 Å². The van der Waals surface area contributed by atoms with Gasteiger partial charge in [-0.25, -0.2) is 0 Å². The van der Waals surface area contributed by atoms with Gasteiger partial charge in [0.1, 0.15) is 6.17 Å². The summed E-state index contributed by atoms with van der Waals surface area (Å²) in [4.78, 5) is 0. The summed E-state index contributed by atoms with van der Waals surface area (Å²) >= 11 is 0. The normalized spacial score (nSPS) is 11.4. The molecule has 4 heteroatoms. The van der Waals surface area contributed by atoms with Crippen molar-refractivity contribution in [2.75, 3.05) is 28.2 Å². The molecule has 61 valence electrons. The Kier molecular flexibility index (Phi) is 5.52. The van der Waals surface area contributed by atoms with Gasteiger partial charge in [0.25, 0.3) is 0 Å². The summed E-state index contributed by atoms with van der Waals surface area (Å²) in [5.74, 6) is 0. The Balaban J connectivity index is 3.70. The van der Waals surface area contributed by atoms with E-state index in [1.165, 1.54) is 0 Å². The van der Waals surface area contributed by atoms with Crippen molar-refractivity contribution in [2.45, 2.75) is 6.17 Å². The number of rotatable bonds is 5. The molecule has 0 aliphatic rings. The standard InChI is InChI=1S/C6H17N4/c1-7-5(8-2)6(9-3)10-4/h5,7-10H,1-4H3. The maximum Gasteiger partial charge on any atom is 0.133 e. The molecule has 0 aliphatic carbocycles. The molecule has 0 saturated carbocycles. The summed E-state index contributed by atoms with van der Waals surface area (Å²) in [5.41, 5.74) is 0. The van der Waals surface area contributed by atoms with Crippen molar-refractivity contribution in [1.29, 1.82) is 0 Å². The molecule has 4 nitrogen and oxygen atoms in total. The largest absolute Gasteiger partial charge is 0.302 e. The van der Waals surface area contributed by atoms with Crippen LogP contribution in [0.3, 0.4) is 0 Å². The van der Waals surface area contributed by atoms with Gasteiger partial charge < -0.3 is 10.6 Å². The van der Waals surface area contributed by atoms with Gasteiger partial charge in [0.05, 0.1) is 6.17 Å². The molecule has 10 heavy (non-hydrogen) atoms. The highest BCUT2D eigenvalue weighted by Crippen LogP contribution is 1.89. The first-order valence-corrected chi connectivity index (χ1v) is 3.37. The van der Waals surface area contributed by atoms with Crippen molar-refractivity contribution in [1.82, 2.24) is 21.3 Å². The van der Waals surface area contributed by atoms with E-state index in [0.29, 0.717) is 0 Å². The monoisotopic (exact) mass is 145 g/mol. The van der Waals surface area contributed by atoms with Gasteiger partial charge in [-0.1, -0.05) is 0 Å². The fraction of sp³-hybridized carbons (Fsp3) is 0.833. The lowest BCUT2D eigenvalue weighted by atomic mass is 10.4. The summed E-state index contributed by atoms with van der Waals surface area (Å²) in [6.07, 6.45) is 1.21. The van der Waals surface area contributed by atoms with Gasteiger partial charge in [0.2, 0.25) is 0 Å². The van der Waals surface area contributed by atoms with Crippen LogP contribution in [0.4, 0.5) is 0 Å². The quantitative estimate of drug-likeness (QED) is 0.362. The van der Waals surface area contributed by atoms with Crippen LogP contribution in [0.15, 0.2) is 0 Å². The predicted molar refractivity (Wildman–Crippen MR) is 43.3 cm³/mol. The third-order valence-corrected chi connectivity index (χ3v) is 1.40. The zero-order chi connectivity index (χ0) is 7.98. The number of hydrogen-bond donors (Lipinski definition) is 4. The van der Waals surface area contributed by atoms with Crippen molar-refractivity contribution >= 4 is 0 Å². The topological polar surface area (TPSA) is 48.1 Å². The van der Waals surface area contributed by atoms with E-state index in [1.807, 2.05) is 28.2 Å². The van der Waals surface area contributed by atoms with Gasteiger partial charge in [0.15, 0.2) is 0 Å². The van der Waals surface area contributed by atoms with E-state index in [0.717, 1.165) is 6.17 Å². The summed E-state index contributed by atoms with van der Waals surface area (Å²) in [7, 11) is 7.56. The van der Waals surface area contributed by atoms with Crippen LogP contribution >= 0.6 is 0 Å². The average Bonchev–Trinajstić information content (AvgIpc) is 2.00. The predicted octanol–water partition coefficient (Wildman–Crippen LogP) is -1.32. The molecule has 0 atom stereocenters. The van der Waals surface area contributed by atoms with Crippen LogP contribution in [-0.4, -0.2) is 34.4 Å². The molecule has 0 spiro atoms. The Labute approximate surface area is 62.8 Å². The minimum Gasteiger partial charge on any atom is -0.302 e. The second-order valence-electron chi connectivity index (χ2n) is 1.92. The first-order valence-electron chi connectivity index (χ1n) is 3.37. The van der Waals surface area contributed by atoms with Gasteiger partial charge in [-0.2, -0.15) is 0 Å². The van der Waals surface area contributed by atoms with Gasteiger partial charge in [-0.3, -0.25) is 10.6 Å². The minimum absolute atomic E-state index is 0.176. The smallest absolute Gasteiger partial charge is 0.133 e. The van der Waals surface area contributed by atoms with Crippen molar-refractivity contribution < 1.29 is 0 Å². The third-order valence-electron chi connectivity index (χ3n) is 1.40. The van der Waals surface area contributed by atoms with E-state index in [1.54, 1.807) is 0 Å². The summed E-state index contributed by atoms with van der Waals surface area (Å²) < 4.78 is 0. The number of hydrogen-bond acceptors (Lipinski definition) is 4. The molecule has 0 bridgehead atoms. The van der Waals surface area contributed by atoms with E-state index < -0.39 is 0 Å². The first kappa shape index (κ1) is 9.84. The molecule has 0 aromatic carbocycles. The SMILES string of the molecule is CN[C](NC)C(NC)NC. The van der Waals surface area contributed by atoms with Crippen molar-refractivity contribution in [3.8, 4) is 0 Å². The lowest BCUT2D eigenvalue weighted by Crippen LogP contribution is -2.52. The van der Waals surface area contributed by atoms with E-state index in [-0.39, 0.29) is 6.17 Å². The average molecular weight is 145 g/mol. The van der Waals surface area contributed by atoms with Gasteiger partial charge in [-0.15, -0.1) is 0 Å². The molecule has 0 rings (SSSR count).